The van der Waals surface area contributed by atoms with Crippen molar-refractivity contribution in [2.75, 3.05) is 5.75 Å². The lowest BCUT2D eigenvalue weighted by Crippen LogP contribution is -2.35. The number of hydrogen-bond donors (Lipinski definition) is 1. The van der Waals surface area contributed by atoms with Crippen LogP contribution >= 0.6 is 28.1 Å². The molecule has 1 amide bonds. The van der Waals surface area contributed by atoms with E-state index in [2.05, 4.69) is 19.2 Å². The van der Waals surface area contributed by atoms with Crippen LogP contribution < -0.4 is 0 Å². The second-order valence-electron chi connectivity index (χ2n) is 5.69. The fraction of sp³-hybridized carbons (Fsp3) is 0.929. The Hall–Kier alpha value is 0.970. The van der Waals surface area contributed by atoms with Crippen molar-refractivity contribution in [3.63, 3.8) is 0 Å². The number of hydrogen-bond acceptors (Lipinski definition) is 4. The van der Waals surface area contributed by atoms with Gasteiger partial charge in [0.15, 0.2) is 0 Å². The third-order valence-electron chi connectivity index (χ3n) is 3.83. The van der Waals surface area contributed by atoms with Gasteiger partial charge in [0.05, 0.1) is 10.9 Å². The number of rotatable bonds is 10. The Morgan fingerprint density at radius 2 is 2.05 bits per heavy atom. The Balaban J connectivity index is 2.58. The molecule has 0 saturated carbocycles. The molecule has 3 nitrogen and oxygen atoms in total. The van der Waals surface area contributed by atoms with E-state index in [1.54, 1.807) is 15.7 Å². The van der Waals surface area contributed by atoms with Crippen LogP contribution in [0.25, 0.3) is 0 Å². The average molecular weight is 402 g/mol. The molecule has 8 heteroatoms. The summed E-state index contributed by atoms with van der Waals surface area (Å²) in [6, 6.07) is 0.0370. The van der Waals surface area contributed by atoms with Crippen molar-refractivity contribution in [3.8, 4) is 0 Å². The second kappa shape index (κ2) is 10.1. The van der Waals surface area contributed by atoms with Gasteiger partial charge >= 0.3 is 0 Å². The topological polar surface area (TPSA) is 37.4 Å². The largest absolute Gasteiger partial charge is 0.274 e. The minimum absolute atomic E-state index is 0.00984. The van der Waals surface area contributed by atoms with Crippen molar-refractivity contribution in [2.45, 2.75) is 76.7 Å². The molecule has 1 rings (SSSR count). The van der Waals surface area contributed by atoms with Crippen molar-refractivity contribution in [1.29, 1.82) is 0 Å². The minimum Gasteiger partial charge on any atom is -0.274 e. The van der Waals surface area contributed by atoms with Gasteiger partial charge in [-0.15, -0.1) is 23.6 Å². The molecule has 4 unspecified atom stereocenters. The second-order valence-corrected chi connectivity index (χ2v) is 18.6. The average Bonchev–Trinajstić information content (AvgIpc) is 2.74. The third-order valence-corrected chi connectivity index (χ3v) is 15.9. The molecule has 22 heavy (non-hydrogen) atoms. The monoisotopic (exact) mass is 401 g/mol. The summed E-state index contributed by atoms with van der Waals surface area (Å²) in [6.45, 7) is 6.23. The number of nitrogens with zero attached hydrogens (tertiary/aromatic N) is 1. The highest BCUT2D eigenvalue weighted by molar-refractivity contribution is 8.97. The quantitative estimate of drug-likeness (QED) is 0.319. The molecule has 1 saturated heterocycles. The van der Waals surface area contributed by atoms with Crippen LogP contribution in [-0.4, -0.2) is 31.2 Å². The van der Waals surface area contributed by atoms with E-state index in [-0.39, 0.29) is 16.9 Å². The van der Waals surface area contributed by atoms with Crippen LogP contribution in [-0.2, 0) is 27.6 Å². The van der Waals surface area contributed by atoms with Crippen LogP contribution in [0.5, 0.6) is 0 Å². The van der Waals surface area contributed by atoms with Crippen LogP contribution in [0.4, 0.5) is 0 Å². The first-order valence-corrected chi connectivity index (χ1v) is 14.8. The molecule has 0 radical (unpaired) electrons. The maximum atomic E-state index is 12.7. The fourth-order valence-electron chi connectivity index (χ4n) is 2.62. The van der Waals surface area contributed by atoms with Gasteiger partial charge < -0.3 is 0 Å². The lowest BCUT2D eigenvalue weighted by molar-refractivity contribution is -0.126. The highest BCUT2D eigenvalue weighted by Gasteiger charge is 2.45. The van der Waals surface area contributed by atoms with E-state index >= 15 is 0 Å². The molecule has 1 heterocycles. The SMILES string of the molecule is CCCCCCCC(C)N1C(=O)CC(P(=S)(S)SCC)S1=O. The predicted molar refractivity (Wildman–Crippen MR) is 108 cm³/mol. The van der Waals surface area contributed by atoms with Crippen LogP contribution in [0.2, 0.25) is 0 Å². The molecule has 1 aliphatic heterocycles. The van der Waals surface area contributed by atoms with Crippen LogP contribution in [0.1, 0.15) is 65.7 Å². The van der Waals surface area contributed by atoms with E-state index in [1.807, 2.05) is 13.8 Å². The maximum Gasteiger partial charge on any atom is 0.236 e. The number of carbonyl (C=O) groups is 1. The van der Waals surface area contributed by atoms with Gasteiger partial charge in [-0.25, -0.2) is 4.21 Å². The molecule has 0 N–H and O–H groups in total. The number of thiol groups is 1. The first-order valence-electron chi connectivity index (χ1n) is 8.04. The Morgan fingerprint density at radius 1 is 1.41 bits per heavy atom. The molecular weight excluding hydrogens is 373 g/mol. The van der Waals surface area contributed by atoms with Crippen molar-refractivity contribution < 1.29 is 9.00 Å². The van der Waals surface area contributed by atoms with Gasteiger partial charge in [-0.2, -0.15) is 0 Å². The summed E-state index contributed by atoms with van der Waals surface area (Å²) in [4.78, 5) is 12.0. The minimum atomic E-state index is -2.07. The summed E-state index contributed by atoms with van der Waals surface area (Å²) in [7, 11) is -1.31. The highest BCUT2D eigenvalue weighted by atomic mass is 33.2. The van der Waals surface area contributed by atoms with Crippen molar-refractivity contribution >= 4 is 56.8 Å². The fourth-order valence-corrected chi connectivity index (χ4v) is 12.9. The van der Waals surface area contributed by atoms with Crippen LogP contribution in [0.3, 0.4) is 0 Å². The molecule has 0 bridgehead atoms. The van der Waals surface area contributed by atoms with Gasteiger partial charge in [0, 0.05) is 6.04 Å². The van der Waals surface area contributed by atoms with E-state index in [9.17, 15) is 9.00 Å². The molecule has 0 spiro atoms. The van der Waals surface area contributed by atoms with E-state index < -0.39 is 15.4 Å². The molecule has 0 aromatic rings. The molecule has 1 aliphatic rings. The van der Waals surface area contributed by atoms with Crippen molar-refractivity contribution in [2.24, 2.45) is 0 Å². The Morgan fingerprint density at radius 3 is 2.64 bits per heavy atom. The van der Waals surface area contributed by atoms with Crippen LogP contribution in [0, 0.1) is 0 Å². The van der Waals surface area contributed by atoms with Gasteiger partial charge in [-0.1, -0.05) is 57.8 Å². The Labute approximate surface area is 152 Å². The van der Waals surface area contributed by atoms with E-state index in [4.69, 9.17) is 11.8 Å². The van der Waals surface area contributed by atoms with E-state index in [0.717, 1.165) is 18.6 Å². The summed E-state index contributed by atoms with van der Waals surface area (Å²) in [5.74, 6) is 0.847. The van der Waals surface area contributed by atoms with Crippen molar-refractivity contribution in [1.82, 2.24) is 4.31 Å². The van der Waals surface area contributed by atoms with E-state index in [0.29, 0.717) is 6.42 Å². The zero-order valence-corrected chi connectivity index (χ0v) is 17.9. The standard InChI is InChI=1S/C14H28NO2PS4/c1-4-6-7-8-9-10-12(3)15-13(16)11-14(22(15)17)18(19,20)21-5-2/h12,14H,4-11H2,1-3H3,(H,19,20). The lowest BCUT2D eigenvalue weighted by Gasteiger charge is -2.25. The molecule has 4 atom stereocenters. The van der Waals surface area contributed by atoms with Crippen LogP contribution in [0.15, 0.2) is 0 Å². The maximum absolute atomic E-state index is 12.7. The predicted octanol–water partition coefficient (Wildman–Crippen LogP) is 4.95. The normalized spacial score (nSPS) is 26.2. The van der Waals surface area contributed by atoms with Gasteiger partial charge in [-0.05, 0) is 19.1 Å². The molecule has 0 aliphatic carbocycles. The zero-order valence-electron chi connectivity index (χ0n) is 13.7. The summed E-state index contributed by atoms with van der Waals surface area (Å²) >= 11 is 11.8. The smallest absolute Gasteiger partial charge is 0.236 e. The molecular formula is C14H28NO2PS4. The third kappa shape index (κ3) is 5.80. The number of carbonyl (C=O) groups excluding carboxylic acids is 1. The van der Waals surface area contributed by atoms with Gasteiger partial charge in [-0.3, -0.25) is 9.10 Å². The Kier molecular flexibility index (Phi) is 9.62. The summed E-state index contributed by atoms with van der Waals surface area (Å²) in [5, 5.41) is 0. The highest BCUT2D eigenvalue weighted by Crippen LogP contribution is 2.69. The van der Waals surface area contributed by atoms with Gasteiger partial charge in [0.25, 0.3) is 0 Å². The number of amides is 1. The molecule has 1 fully saturated rings. The molecule has 0 aromatic heterocycles. The molecule has 0 aromatic carbocycles. The number of unbranched alkanes of at least 4 members (excludes halogenated alkanes) is 4. The van der Waals surface area contributed by atoms with E-state index in [1.165, 1.54) is 25.7 Å². The summed E-state index contributed by atoms with van der Waals surface area (Å²) in [6.07, 6.45) is 7.24. The van der Waals surface area contributed by atoms with Gasteiger partial charge in [0.2, 0.25) is 5.91 Å². The van der Waals surface area contributed by atoms with Gasteiger partial charge in [0.1, 0.15) is 16.0 Å². The Bertz CT molecular complexity index is 447. The zero-order chi connectivity index (χ0) is 16.8. The first kappa shape index (κ1) is 21.0. The summed E-state index contributed by atoms with van der Waals surface area (Å²) in [5.41, 5.74) is 0. The van der Waals surface area contributed by atoms with Crippen molar-refractivity contribution in [3.05, 3.63) is 0 Å². The lowest BCUT2D eigenvalue weighted by atomic mass is 10.1. The summed E-state index contributed by atoms with van der Waals surface area (Å²) < 4.78 is 12.2. The molecule has 130 valence electrons. The first-order chi connectivity index (χ1) is 10.3.